The molecule has 0 radical (unpaired) electrons. The van der Waals surface area contributed by atoms with E-state index in [0.717, 1.165) is 12.0 Å². The molecule has 0 atom stereocenters. The molecule has 0 saturated carbocycles. The first-order valence-corrected chi connectivity index (χ1v) is 8.89. The van der Waals surface area contributed by atoms with Gasteiger partial charge in [0.1, 0.15) is 11.4 Å². The molecule has 0 saturated heterocycles. The number of hydrogen-bond acceptors (Lipinski definition) is 4. The molecule has 6 heteroatoms. The van der Waals surface area contributed by atoms with Gasteiger partial charge in [0.05, 0.1) is 7.11 Å². The largest absolute Gasteiger partial charge is 0.497 e. The molecule has 0 bridgehead atoms. The fraction of sp³-hybridized carbons (Fsp3) is 0.136. The van der Waals surface area contributed by atoms with Crippen molar-refractivity contribution in [2.24, 2.45) is 0 Å². The van der Waals surface area contributed by atoms with Gasteiger partial charge in [-0.15, -0.1) is 0 Å². The zero-order valence-electron chi connectivity index (χ0n) is 15.5. The fourth-order valence-electron chi connectivity index (χ4n) is 2.63. The molecular formula is C22H21N3O3. The van der Waals surface area contributed by atoms with Crippen LogP contribution >= 0.6 is 0 Å². The predicted octanol–water partition coefficient (Wildman–Crippen LogP) is 3.32. The highest BCUT2D eigenvalue weighted by Gasteiger charge is 2.12. The highest BCUT2D eigenvalue weighted by Crippen LogP contribution is 2.15. The van der Waals surface area contributed by atoms with E-state index in [0.29, 0.717) is 23.5 Å². The normalized spacial score (nSPS) is 10.2. The Balaban J connectivity index is 1.58. The van der Waals surface area contributed by atoms with Gasteiger partial charge in [0.25, 0.3) is 11.8 Å². The van der Waals surface area contributed by atoms with Crippen LogP contribution in [0.4, 0.5) is 5.69 Å². The Kier molecular flexibility index (Phi) is 6.36. The topological polar surface area (TPSA) is 80.3 Å². The second kappa shape index (κ2) is 9.32. The van der Waals surface area contributed by atoms with Gasteiger partial charge in [-0.3, -0.25) is 14.6 Å². The lowest BCUT2D eigenvalue weighted by Crippen LogP contribution is -2.26. The summed E-state index contributed by atoms with van der Waals surface area (Å²) < 4.78 is 5.09. The first kappa shape index (κ1) is 19.1. The second-order valence-corrected chi connectivity index (χ2v) is 6.10. The number of pyridine rings is 1. The molecule has 3 aromatic rings. The number of nitrogens with one attached hydrogen (secondary N) is 2. The monoisotopic (exact) mass is 375 g/mol. The standard InChI is InChI=1S/C22H21N3O3/c1-28-19-9-7-18(8-10-19)25-22(27)20-15-17(12-14-23-20)21(26)24-13-11-16-5-3-2-4-6-16/h2-10,12,14-15H,11,13H2,1H3,(H,24,26)(H,25,27). The van der Waals surface area contributed by atoms with E-state index in [4.69, 9.17) is 4.74 Å². The average Bonchev–Trinajstić information content (AvgIpc) is 2.75. The van der Waals surface area contributed by atoms with E-state index in [2.05, 4.69) is 15.6 Å². The third-order valence-electron chi connectivity index (χ3n) is 4.14. The van der Waals surface area contributed by atoms with Crippen molar-refractivity contribution in [3.8, 4) is 5.75 Å². The molecule has 0 aliphatic rings. The lowest BCUT2D eigenvalue weighted by molar-refractivity contribution is 0.0954. The van der Waals surface area contributed by atoms with E-state index in [9.17, 15) is 9.59 Å². The molecule has 142 valence electrons. The van der Waals surface area contributed by atoms with Crippen LogP contribution in [0.25, 0.3) is 0 Å². The van der Waals surface area contributed by atoms with Crippen molar-refractivity contribution < 1.29 is 14.3 Å². The highest BCUT2D eigenvalue weighted by molar-refractivity contribution is 6.04. The van der Waals surface area contributed by atoms with E-state index < -0.39 is 0 Å². The van der Waals surface area contributed by atoms with E-state index in [-0.39, 0.29) is 17.5 Å². The summed E-state index contributed by atoms with van der Waals surface area (Å²) in [6, 6.07) is 19.9. The third kappa shape index (κ3) is 5.17. The van der Waals surface area contributed by atoms with Crippen LogP contribution in [0.15, 0.2) is 72.9 Å². The zero-order chi connectivity index (χ0) is 19.8. The van der Waals surface area contributed by atoms with Gasteiger partial charge in [0.2, 0.25) is 0 Å². The van der Waals surface area contributed by atoms with Crippen LogP contribution < -0.4 is 15.4 Å². The minimum absolute atomic E-state index is 0.173. The van der Waals surface area contributed by atoms with Crippen molar-refractivity contribution in [2.75, 3.05) is 19.0 Å². The lowest BCUT2D eigenvalue weighted by Gasteiger charge is -2.08. The number of benzene rings is 2. The molecule has 0 aliphatic heterocycles. The molecule has 2 aromatic carbocycles. The fourth-order valence-corrected chi connectivity index (χ4v) is 2.63. The first-order chi connectivity index (χ1) is 13.7. The van der Waals surface area contributed by atoms with Crippen LogP contribution in [0.5, 0.6) is 5.75 Å². The van der Waals surface area contributed by atoms with Crippen molar-refractivity contribution in [3.05, 3.63) is 89.7 Å². The summed E-state index contributed by atoms with van der Waals surface area (Å²) in [4.78, 5) is 28.8. The Hall–Kier alpha value is -3.67. The molecule has 2 N–H and O–H groups in total. The smallest absolute Gasteiger partial charge is 0.274 e. The molecule has 3 rings (SSSR count). The number of anilines is 1. The van der Waals surface area contributed by atoms with Crippen molar-refractivity contribution in [1.82, 2.24) is 10.3 Å². The Morgan fingerprint density at radius 2 is 1.71 bits per heavy atom. The number of methoxy groups -OCH3 is 1. The number of hydrogen-bond donors (Lipinski definition) is 2. The zero-order valence-corrected chi connectivity index (χ0v) is 15.5. The van der Waals surface area contributed by atoms with E-state index in [1.807, 2.05) is 30.3 Å². The molecule has 6 nitrogen and oxygen atoms in total. The lowest BCUT2D eigenvalue weighted by atomic mass is 10.1. The van der Waals surface area contributed by atoms with Gasteiger partial charge in [-0.05, 0) is 48.4 Å². The first-order valence-electron chi connectivity index (χ1n) is 8.89. The van der Waals surface area contributed by atoms with Crippen LogP contribution in [0.2, 0.25) is 0 Å². The summed E-state index contributed by atoms with van der Waals surface area (Å²) >= 11 is 0. The molecule has 0 fully saturated rings. The van der Waals surface area contributed by atoms with Gasteiger partial charge in [-0.25, -0.2) is 0 Å². The number of aromatic nitrogens is 1. The third-order valence-corrected chi connectivity index (χ3v) is 4.14. The summed E-state index contributed by atoms with van der Waals surface area (Å²) in [5.74, 6) is 0.0752. The highest BCUT2D eigenvalue weighted by atomic mass is 16.5. The molecule has 28 heavy (non-hydrogen) atoms. The average molecular weight is 375 g/mol. The molecular weight excluding hydrogens is 354 g/mol. The molecule has 0 spiro atoms. The van der Waals surface area contributed by atoms with Crippen molar-refractivity contribution >= 4 is 17.5 Å². The number of carbonyl (C=O) groups is 2. The van der Waals surface area contributed by atoms with Crippen molar-refractivity contribution in [1.29, 1.82) is 0 Å². The Morgan fingerprint density at radius 1 is 0.964 bits per heavy atom. The summed E-state index contributed by atoms with van der Waals surface area (Å²) in [5, 5.41) is 5.62. The maximum absolute atomic E-state index is 12.4. The number of nitrogens with zero attached hydrogens (tertiary/aromatic N) is 1. The van der Waals surface area contributed by atoms with Crippen molar-refractivity contribution in [2.45, 2.75) is 6.42 Å². The minimum Gasteiger partial charge on any atom is -0.497 e. The Labute approximate surface area is 163 Å². The molecule has 1 heterocycles. The minimum atomic E-state index is -0.385. The van der Waals surface area contributed by atoms with E-state index >= 15 is 0 Å². The second-order valence-electron chi connectivity index (χ2n) is 6.10. The van der Waals surface area contributed by atoms with Gasteiger partial charge >= 0.3 is 0 Å². The van der Waals surface area contributed by atoms with Gasteiger partial charge in [0, 0.05) is 24.0 Å². The Bertz CT molecular complexity index is 941. The summed E-state index contributed by atoms with van der Waals surface area (Å²) in [5.41, 5.74) is 2.33. The van der Waals surface area contributed by atoms with Crippen LogP contribution in [0.1, 0.15) is 26.4 Å². The molecule has 0 aliphatic carbocycles. The quantitative estimate of drug-likeness (QED) is 0.664. The molecule has 2 amide bonds. The SMILES string of the molecule is COc1ccc(NC(=O)c2cc(C(=O)NCCc3ccccc3)ccn2)cc1. The van der Waals surface area contributed by atoms with Gasteiger partial charge in [0.15, 0.2) is 0 Å². The molecule has 1 aromatic heterocycles. The number of rotatable bonds is 7. The van der Waals surface area contributed by atoms with Crippen LogP contribution in [-0.4, -0.2) is 30.5 Å². The number of ether oxygens (including phenoxy) is 1. The maximum Gasteiger partial charge on any atom is 0.274 e. The van der Waals surface area contributed by atoms with Gasteiger partial charge < -0.3 is 15.4 Å². The maximum atomic E-state index is 12.4. The summed E-state index contributed by atoms with van der Waals surface area (Å²) in [6.07, 6.45) is 2.19. The van der Waals surface area contributed by atoms with Gasteiger partial charge in [-0.2, -0.15) is 0 Å². The van der Waals surface area contributed by atoms with Crippen LogP contribution in [-0.2, 0) is 6.42 Å². The number of amides is 2. The van der Waals surface area contributed by atoms with E-state index in [1.54, 1.807) is 37.4 Å². The summed E-state index contributed by atoms with van der Waals surface area (Å²) in [7, 11) is 1.58. The Morgan fingerprint density at radius 3 is 2.43 bits per heavy atom. The number of carbonyl (C=O) groups excluding carboxylic acids is 2. The van der Waals surface area contributed by atoms with E-state index in [1.165, 1.54) is 12.3 Å². The van der Waals surface area contributed by atoms with Crippen LogP contribution in [0.3, 0.4) is 0 Å². The summed E-state index contributed by atoms with van der Waals surface area (Å²) in [6.45, 7) is 0.512. The molecule has 0 unspecified atom stereocenters. The van der Waals surface area contributed by atoms with Gasteiger partial charge in [-0.1, -0.05) is 30.3 Å². The van der Waals surface area contributed by atoms with Crippen molar-refractivity contribution in [3.63, 3.8) is 0 Å². The van der Waals surface area contributed by atoms with Crippen LogP contribution in [0, 0.1) is 0 Å². The predicted molar refractivity (Wildman–Crippen MR) is 108 cm³/mol.